The average Bonchev–Trinajstić information content (AvgIpc) is 2.48. The molecular formula is C17H17FN2O. The fraction of sp³-hybridized carbons (Fsp3) is 0.118. The minimum absolute atomic E-state index is 0.281. The van der Waals surface area contributed by atoms with Crippen LogP contribution >= 0.6 is 0 Å². The van der Waals surface area contributed by atoms with Crippen LogP contribution in [0.5, 0.6) is 0 Å². The van der Waals surface area contributed by atoms with Crippen molar-refractivity contribution in [3.63, 3.8) is 0 Å². The van der Waals surface area contributed by atoms with Gasteiger partial charge in [-0.25, -0.2) is 9.18 Å². The van der Waals surface area contributed by atoms with Crippen molar-refractivity contribution in [2.45, 2.75) is 13.5 Å². The van der Waals surface area contributed by atoms with Crippen molar-refractivity contribution in [3.05, 3.63) is 77.2 Å². The topological polar surface area (TPSA) is 41.1 Å². The Morgan fingerprint density at radius 2 is 1.86 bits per heavy atom. The van der Waals surface area contributed by atoms with Crippen molar-refractivity contribution >= 4 is 12.1 Å². The predicted octanol–water partition coefficient (Wildman–Crippen LogP) is 3.60. The molecule has 0 heterocycles. The lowest BCUT2D eigenvalue weighted by atomic mass is 10.1. The summed E-state index contributed by atoms with van der Waals surface area (Å²) in [5, 5.41) is 5.38. The number of hydrogen-bond acceptors (Lipinski definition) is 1. The van der Waals surface area contributed by atoms with Crippen molar-refractivity contribution in [3.8, 4) is 0 Å². The number of rotatable bonds is 4. The second-order valence-corrected chi connectivity index (χ2v) is 4.64. The zero-order chi connectivity index (χ0) is 15.1. The first-order valence-electron chi connectivity index (χ1n) is 6.66. The van der Waals surface area contributed by atoms with E-state index in [0.29, 0.717) is 6.54 Å². The Balaban J connectivity index is 1.80. The fourth-order valence-corrected chi connectivity index (χ4v) is 1.82. The van der Waals surface area contributed by atoms with E-state index >= 15 is 0 Å². The molecule has 2 rings (SSSR count). The van der Waals surface area contributed by atoms with Gasteiger partial charge in [0.15, 0.2) is 0 Å². The number of carbonyl (C=O) groups is 1. The van der Waals surface area contributed by atoms with E-state index in [1.165, 1.54) is 18.3 Å². The third kappa shape index (κ3) is 4.76. The first kappa shape index (κ1) is 14.8. The molecule has 0 spiro atoms. The van der Waals surface area contributed by atoms with Crippen LogP contribution in [0.15, 0.2) is 54.7 Å². The molecule has 2 N–H and O–H groups in total. The van der Waals surface area contributed by atoms with Crippen molar-refractivity contribution in [2.75, 3.05) is 0 Å². The normalized spacial score (nSPS) is 10.6. The monoisotopic (exact) mass is 284 g/mol. The Labute approximate surface area is 123 Å². The molecular weight excluding hydrogens is 267 g/mol. The average molecular weight is 284 g/mol. The highest BCUT2D eigenvalue weighted by Gasteiger charge is 2.00. The largest absolute Gasteiger partial charge is 0.334 e. The van der Waals surface area contributed by atoms with Gasteiger partial charge < -0.3 is 10.6 Å². The number of benzene rings is 2. The third-order valence-electron chi connectivity index (χ3n) is 3.06. The summed E-state index contributed by atoms with van der Waals surface area (Å²) in [7, 11) is 0. The van der Waals surface area contributed by atoms with Crippen LogP contribution in [0.25, 0.3) is 6.08 Å². The van der Waals surface area contributed by atoms with Gasteiger partial charge in [-0.1, -0.05) is 36.4 Å². The van der Waals surface area contributed by atoms with Crippen LogP contribution in [0, 0.1) is 12.7 Å². The van der Waals surface area contributed by atoms with Gasteiger partial charge in [0, 0.05) is 12.7 Å². The third-order valence-corrected chi connectivity index (χ3v) is 3.06. The van der Waals surface area contributed by atoms with Crippen molar-refractivity contribution in [2.24, 2.45) is 0 Å². The molecule has 0 atom stereocenters. The van der Waals surface area contributed by atoms with Crippen LogP contribution in [0.1, 0.15) is 16.7 Å². The predicted molar refractivity (Wildman–Crippen MR) is 82.0 cm³/mol. The van der Waals surface area contributed by atoms with Gasteiger partial charge in [-0.2, -0.15) is 0 Å². The molecule has 2 aromatic carbocycles. The van der Waals surface area contributed by atoms with Crippen molar-refractivity contribution in [1.29, 1.82) is 0 Å². The highest BCUT2D eigenvalue weighted by molar-refractivity contribution is 5.75. The Morgan fingerprint density at radius 1 is 1.14 bits per heavy atom. The summed E-state index contributed by atoms with van der Waals surface area (Å²) in [5.74, 6) is -0.281. The summed E-state index contributed by atoms with van der Waals surface area (Å²) in [6, 6.07) is 13.6. The van der Waals surface area contributed by atoms with Gasteiger partial charge >= 0.3 is 6.03 Å². The minimum atomic E-state index is -0.281. The molecule has 2 amide bonds. The summed E-state index contributed by atoms with van der Waals surface area (Å²) >= 11 is 0. The molecule has 0 aliphatic carbocycles. The van der Waals surface area contributed by atoms with Gasteiger partial charge in [-0.3, -0.25) is 0 Å². The molecule has 0 unspecified atom stereocenters. The second-order valence-electron chi connectivity index (χ2n) is 4.64. The lowest BCUT2D eigenvalue weighted by molar-refractivity contribution is 0.244. The molecule has 21 heavy (non-hydrogen) atoms. The van der Waals surface area contributed by atoms with E-state index in [9.17, 15) is 9.18 Å². The molecule has 0 aliphatic heterocycles. The maximum absolute atomic E-state index is 12.7. The molecule has 2 aromatic rings. The molecule has 108 valence electrons. The molecule has 0 radical (unpaired) electrons. The zero-order valence-electron chi connectivity index (χ0n) is 11.8. The number of aryl methyl sites for hydroxylation is 1. The SMILES string of the molecule is Cc1ccccc1CNC(=O)N/C=C/c1ccc(F)cc1. The summed E-state index contributed by atoms with van der Waals surface area (Å²) in [4.78, 5) is 11.6. The summed E-state index contributed by atoms with van der Waals surface area (Å²) in [5.41, 5.74) is 3.03. The van der Waals surface area contributed by atoms with E-state index < -0.39 is 0 Å². The van der Waals surface area contributed by atoms with E-state index in [2.05, 4.69) is 10.6 Å². The zero-order valence-corrected chi connectivity index (χ0v) is 11.8. The lowest BCUT2D eigenvalue weighted by Crippen LogP contribution is -2.31. The minimum Gasteiger partial charge on any atom is -0.334 e. The fourth-order valence-electron chi connectivity index (χ4n) is 1.82. The van der Waals surface area contributed by atoms with E-state index in [1.807, 2.05) is 31.2 Å². The number of nitrogens with one attached hydrogen (secondary N) is 2. The number of halogens is 1. The Morgan fingerprint density at radius 3 is 2.57 bits per heavy atom. The van der Waals surface area contributed by atoms with Gasteiger partial charge in [0.25, 0.3) is 0 Å². The molecule has 0 saturated heterocycles. The quantitative estimate of drug-likeness (QED) is 0.885. The maximum Gasteiger partial charge on any atom is 0.319 e. The second kappa shape index (κ2) is 7.24. The smallest absolute Gasteiger partial charge is 0.319 e. The van der Waals surface area contributed by atoms with E-state index in [4.69, 9.17) is 0 Å². The summed E-state index contributed by atoms with van der Waals surface area (Å²) < 4.78 is 12.7. The molecule has 3 nitrogen and oxygen atoms in total. The molecule has 0 saturated carbocycles. The van der Waals surface area contributed by atoms with Crippen LogP contribution in [0.2, 0.25) is 0 Å². The van der Waals surface area contributed by atoms with Crippen molar-refractivity contribution < 1.29 is 9.18 Å². The van der Waals surface area contributed by atoms with E-state index in [-0.39, 0.29) is 11.8 Å². The molecule has 4 heteroatoms. The van der Waals surface area contributed by atoms with Crippen molar-refractivity contribution in [1.82, 2.24) is 10.6 Å². The van der Waals surface area contributed by atoms with E-state index in [1.54, 1.807) is 18.2 Å². The Hall–Kier alpha value is -2.62. The molecule has 0 aromatic heterocycles. The lowest BCUT2D eigenvalue weighted by Gasteiger charge is -2.07. The maximum atomic E-state index is 12.7. The van der Waals surface area contributed by atoms with Crippen LogP contribution in [-0.4, -0.2) is 6.03 Å². The van der Waals surface area contributed by atoms with Crippen LogP contribution in [0.3, 0.4) is 0 Å². The van der Waals surface area contributed by atoms with Gasteiger partial charge in [0.1, 0.15) is 5.82 Å². The highest BCUT2D eigenvalue weighted by Crippen LogP contribution is 2.06. The number of urea groups is 1. The first-order valence-corrected chi connectivity index (χ1v) is 6.66. The summed E-state index contributed by atoms with van der Waals surface area (Å²) in [6.07, 6.45) is 3.23. The van der Waals surface area contributed by atoms with Gasteiger partial charge in [-0.15, -0.1) is 0 Å². The number of hydrogen-bond donors (Lipinski definition) is 2. The highest BCUT2D eigenvalue weighted by atomic mass is 19.1. The first-order chi connectivity index (χ1) is 10.1. The van der Waals surface area contributed by atoms with Crippen LogP contribution in [-0.2, 0) is 6.54 Å². The summed E-state index contributed by atoms with van der Waals surface area (Å²) in [6.45, 7) is 2.48. The standard InChI is InChI=1S/C17H17FN2O/c1-13-4-2-3-5-15(13)12-20-17(21)19-11-10-14-6-8-16(18)9-7-14/h2-11H,12H2,1H3,(H2,19,20,21)/b11-10+. The molecule has 0 fully saturated rings. The number of carbonyl (C=O) groups excluding carboxylic acids is 1. The molecule has 0 aliphatic rings. The molecule has 0 bridgehead atoms. The van der Waals surface area contributed by atoms with Gasteiger partial charge in [0.05, 0.1) is 0 Å². The van der Waals surface area contributed by atoms with E-state index in [0.717, 1.165) is 16.7 Å². The van der Waals surface area contributed by atoms with Gasteiger partial charge in [0.2, 0.25) is 0 Å². The Kier molecular flexibility index (Phi) is 5.10. The van der Waals surface area contributed by atoms with Gasteiger partial charge in [-0.05, 0) is 41.8 Å². The Bertz CT molecular complexity index is 635. The van der Waals surface area contributed by atoms with Crippen LogP contribution in [0.4, 0.5) is 9.18 Å². The number of amides is 2. The van der Waals surface area contributed by atoms with Crippen LogP contribution < -0.4 is 10.6 Å².